The van der Waals surface area contributed by atoms with Gasteiger partial charge in [-0.15, -0.1) is 12.4 Å². The predicted octanol–water partition coefficient (Wildman–Crippen LogP) is 3.53. The van der Waals surface area contributed by atoms with Crippen LogP contribution in [0.3, 0.4) is 0 Å². The number of hydrogen-bond donors (Lipinski definition) is 2. The number of carbonyl (C=O) groups excluding carboxylic acids is 1. The van der Waals surface area contributed by atoms with E-state index in [4.69, 9.17) is 10.5 Å². The van der Waals surface area contributed by atoms with Crippen LogP contribution < -0.4 is 15.8 Å². The Hall–Kier alpha value is -2.04. The van der Waals surface area contributed by atoms with E-state index in [2.05, 4.69) is 5.32 Å². The minimum absolute atomic E-state index is 0. The Bertz CT molecular complexity index is 632. The smallest absolute Gasteiger partial charge is 0.228 e. The molecule has 124 valence electrons. The van der Waals surface area contributed by atoms with Gasteiger partial charge in [-0.1, -0.05) is 43.3 Å². The standard InChI is InChI=1S/C18H22N2O2.ClH/c1-13-8-9-16(20-18(21)14(2)11-19)17(10-13)22-12-15-6-4-3-5-7-15;/h3-10,14H,11-12,19H2,1-2H3,(H,20,21);1H. The number of anilines is 1. The molecule has 2 aromatic carbocycles. The van der Waals surface area contributed by atoms with E-state index in [0.717, 1.165) is 11.1 Å². The SMILES string of the molecule is Cc1ccc(NC(=O)C(C)CN)c(OCc2ccccc2)c1.Cl. The molecule has 3 N–H and O–H groups in total. The molecular formula is C18H23ClN2O2. The summed E-state index contributed by atoms with van der Waals surface area (Å²) in [5, 5.41) is 2.88. The number of carbonyl (C=O) groups is 1. The number of hydrogen-bond acceptors (Lipinski definition) is 3. The van der Waals surface area contributed by atoms with Crippen LogP contribution in [0, 0.1) is 12.8 Å². The second kappa shape index (κ2) is 9.18. The van der Waals surface area contributed by atoms with Gasteiger partial charge in [0, 0.05) is 12.5 Å². The van der Waals surface area contributed by atoms with Crippen molar-refractivity contribution in [2.45, 2.75) is 20.5 Å². The highest BCUT2D eigenvalue weighted by atomic mass is 35.5. The fraction of sp³-hybridized carbons (Fsp3) is 0.278. The number of ether oxygens (including phenoxy) is 1. The second-order valence-electron chi connectivity index (χ2n) is 5.40. The van der Waals surface area contributed by atoms with Crippen molar-refractivity contribution in [3.05, 3.63) is 59.7 Å². The molecule has 0 aliphatic carbocycles. The van der Waals surface area contributed by atoms with E-state index in [-0.39, 0.29) is 24.2 Å². The van der Waals surface area contributed by atoms with Gasteiger partial charge in [-0.2, -0.15) is 0 Å². The lowest BCUT2D eigenvalue weighted by Gasteiger charge is -2.15. The van der Waals surface area contributed by atoms with Gasteiger partial charge in [-0.05, 0) is 30.2 Å². The van der Waals surface area contributed by atoms with Gasteiger partial charge in [-0.25, -0.2) is 0 Å². The van der Waals surface area contributed by atoms with Crippen molar-refractivity contribution >= 4 is 24.0 Å². The fourth-order valence-corrected chi connectivity index (χ4v) is 1.95. The summed E-state index contributed by atoms with van der Waals surface area (Å²) in [4.78, 5) is 12.0. The molecule has 2 aromatic rings. The highest BCUT2D eigenvalue weighted by Gasteiger charge is 2.13. The topological polar surface area (TPSA) is 64.4 Å². The molecule has 0 spiro atoms. The molecular weight excluding hydrogens is 312 g/mol. The van der Waals surface area contributed by atoms with Crippen LogP contribution in [-0.2, 0) is 11.4 Å². The van der Waals surface area contributed by atoms with Crippen LogP contribution in [0.2, 0.25) is 0 Å². The van der Waals surface area contributed by atoms with Crippen molar-refractivity contribution in [2.75, 3.05) is 11.9 Å². The molecule has 5 heteroatoms. The van der Waals surface area contributed by atoms with Crippen LogP contribution in [0.25, 0.3) is 0 Å². The molecule has 4 nitrogen and oxygen atoms in total. The van der Waals surface area contributed by atoms with Crippen molar-refractivity contribution in [3.63, 3.8) is 0 Å². The van der Waals surface area contributed by atoms with E-state index in [1.165, 1.54) is 0 Å². The molecule has 1 unspecified atom stereocenters. The maximum absolute atomic E-state index is 12.0. The molecule has 0 saturated heterocycles. The Kier molecular flexibility index (Phi) is 7.59. The number of amides is 1. The first-order chi connectivity index (χ1) is 10.6. The van der Waals surface area contributed by atoms with E-state index in [1.807, 2.05) is 55.5 Å². The largest absolute Gasteiger partial charge is 0.487 e. The summed E-state index contributed by atoms with van der Waals surface area (Å²) < 4.78 is 5.87. The third kappa shape index (κ3) is 5.58. The zero-order valence-corrected chi connectivity index (χ0v) is 14.2. The lowest BCUT2D eigenvalue weighted by Crippen LogP contribution is -2.26. The monoisotopic (exact) mass is 334 g/mol. The van der Waals surface area contributed by atoms with Gasteiger partial charge in [0.2, 0.25) is 5.91 Å². The third-order valence-corrected chi connectivity index (χ3v) is 3.43. The third-order valence-electron chi connectivity index (χ3n) is 3.43. The minimum atomic E-state index is -0.233. The number of nitrogens with two attached hydrogens (primary N) is 1. The highest BCUT2D eigenvalue weighted by Crippen LogP contribution is 2.27. The van der Waals surface area contributed by atoms with E-state index in [1.54, 1.807) is 6.92 Å². The van der Waals surface area contributed by atoms with Crippen molar-refractivity contribution in [1.29, 1.82) is 0 Å². The molecule has 1 atom stereocenters. The number of aryl methyl sites for hydroxylation is 1. The summed E-state index contributed by atoms with van der Waals surface area (Å²) in [6.07, 6.45) is 0. The summed E-state index contributed by atoms with van der Waals surface area (Å²) in [7, 11) is 0. The summed E-state index contributed by atoms with van der Waals surface area (Å²) in [5.74, 6) is 0.334. The maximum Gasteiger partial charge on any atom is 0.228 e. The first-order valence-corrected chi connectivity index (χ1v) is 7.38. The molecule has 0 heterocycles. The normalized spacial score (nSPS) is 11.3. The van der Waals surface area contributed by atoms with Gasteiger partial charge in [0.15, 0.2) is 0 Å². The Balaban J connectivity index is 0.00000264. The van der Waals surface area contributed by atoms with Gasteiger partial charge in [-0.3, -0.25) is 4.79 Å². The van der Waals surface area contributed by atoms with E-state index in [0.29, 0.717) is 24.6 Å². The van der Waals surface area contributed by atoms with Crippen LogP contribution in [0.1, 0.15) is 18.1 Å². The Labute approximate surface area is 143 Å². The summed E-state index contributed by atoms with van der Waals surface area (Å²) in [6, 6.07) is 15.6. The van der Waals surface area contributed by atoms with Gasteiger partial charge in [0.1, 0.15) is 12.4 Å². The summed E-state index contributed by atoms with van der Waals surface area (Å²) in [5.41, 5.74) is 8.36. The minimum Gasteiger partial charge on any atom is -0.487 e. The summed E-state index contributed by atoms with van der Waals surface area (Å²) in [6.45, 7) is 4.56. The number of halogens is 1. The summed E-state index contributed by atoms with van der Waals surface area (Å²) >= 11 is 0. The molecule has 0 aliphatic rings. The lowest BCUT2D eigenvalue weighted by molar-refractivity contribution is -0.119. The van der Waals surface area contributed by atoms with Crippen LogP contribution in [0.5, 0.6) is 5.75 Å². The van der Waals surface area contributed by atoms with Crippen LogP contribution in [0.4, 0.5) is 5.69 Å². The van der Waals surface area contributed by atoms with Crippen molar-refractivity contribution in [1.82, 2.24) is 0 Å². The average Bonchev–Trinajstić information content (AvgIpc) is 2.55. The highest BCUT2D eigenvalue weighted by molar-refractivity contribution is 5.93. The van der Waals surface area contributed by atoms with Gasteiger partial charge < -0.3 is 15.8 Å². The Morgan fingerprint density at radius 1 is 1.22 bits per heavy atom. The molecule has 0 aromatic heterocycles. The molecule has 0 aliphatic heterocycles. The molecule has 0 saturated carbocycles. The zero-order chi connectivity index (χ0) is 15.9. The van der Waals surface area contributed by atoms with Gasteiger partial charge in [0.05, 0.1) is 5.69 Å². The van der Waals surface area contributed by atoms with Gasteiger partial charge >= 0.3 is 0 Å². The van der Waals surface area contributed by atoms with Crippen LogP contribution >= 0.6 is 12.4 Å². The molecule has 2 rings (SSSR count). The number of rotatable bonds is 6. The van der Waals surface area contributed by atoms with Crippen molar-refractivity contribution in [3.8, 4) is 5.75 Å². The molecule has 1 amide bonds. The molecule has 0 radical (unpaired) electrons. The van der Waals surface area contributed by atoms with Crippen LogP contribution in [0.15, 0.2) is 48.5 Å². The molecule has 23 heavy (non-hydrogen) atoms. The van der Waals surface area contributed by atoms with Gasteiger partial charge in [0.25, 0.3) is 0 Å². The lowest BCUT2D eigenvalue weighted by atomic mass is 10.1. The van der Waals surface area contributed by atoms with Crippen LogP contribution in [-0.4, -0.2) is 12.5 Å². The first-order valence-electron chi connectivity index (χ1n) is 7.38. The quantitative estimate of drug-likeness (QED) is 0.849. The number of benzene rings is 2. The molecule has 0 bridgehead atoms. The second-order valence-corrected chi connectivity index (χ2v) is 5.40. The zero-order valence-electron chi connectivity index (χ0n) is 13.4. The Morgan fingerprint density at radius 2 is 1.91 bits per heavy atom. The predicted molar refractivity (Wildman–Crippen MR) is 96.0 cm³/mol. The van der Waals surface area contributed by atoms with E-state index >= 15 is 0 Å². The Morgan fingerprint density at radius 3 is 2.57 bits per heavy atom. The van der Waals surface area contributed by atoms with E-state index in [9.17, 15) is 4.79 Å². The first kappa shape index (κ1) is 19.0. The number of nitrogens with one attached hydrogen (secondary N) is 1. The maximum atomic E-state index is 12.0. The van der Waals surface area contributed by atoms with E-state index < -0.39 is 0 Å². The average molecular weight is 335 g/mol. The van der Waals surface area contributed by atoms with Crippen molar-refractivity contribution in [2.24, 2.45) is 11.7 Å². The molecule has 0 fully saturated rings. The fourth-order valence-electron chi connectivity index (χ4n) is 1.95. The van der Waals surface area contributed by atoms with Crippen molar-refractivity contribution < 1.29 is 9.53 Å².